The molecule has 0 bridgehead atoms. The van der Waals surface area contributed by atoms with Crippen molar-refractivity contribution in [2.45, 2.75) is 418 Å². The quantitative estimate of drug-likeness (QED) is 0.0205. The third kappa shape index (κ3) is 73.8. The number of ether oxygens (including phenoxy) is 1. The normalized spacial score (nSPS) is 13.7. The van der Waals surface area contributed by atoms with E-state index in [-0.39, 0.29) is 31.5 Å². The van der Waals surface area contributed by atoms with Gasteiger partial charge in [-0.3, -0.25) is 18.6 Å². The number of esters is 1. The number of unbranched alkanes of at least 4 members (excludes halogenated alkanes) is 51. The van der Waals surface area contributed by atoms with Gasteiger partial charge in [-0.25, -0.2) is 4.57 Å². The standard InChI is InChI=1S/C83H157N2O7P/c1-7-10-13-16-19-22-25-28-30-32-34-36-38-40-42-44-46-48-50-52-54-57-60-63-66-69-72-75-82(86)84-80(79-91-93(88,89)90-78-77-85(4,5)6)81(74-71-68-65-62-59-56-27-24-21-18-15-12-9-3)92-83(87)76-73-70-67-64-61-58-55-53-51-49-47-45-43-41-39-37-35-33-31-29-26-23-20-17-14-11-8-2/h20,23,29,31,35,37,41,43,71,74,80-81H,7-19,21-22,24-28,30,32-34,36,38-40,42,44-70,72-73,75-79H2,1-6H3,(H-,84,86,88,89)/p+1/b23-20-,31-29-,37-35-,43-41-,74-71+. The first-order valence-corrected chi connectivity index (χ1v) is 42.1. The van der Waals surface area contributed by atoms with Crippen molar-refractivity contribution < 1.29 is 37.3 Å². The summed E-state index contributed by atoms with van der Waals surface area (Å²) in [5.74, 6) is -0.488. The van der Waals surface area contributed by atoms with E-state index in [1.807, 2.05) is 27.2 Å². The molecule has 0 radical (unpaired) electrons. The maximum absolute atomic E-state index is 13.7. The van der Waals surface area contributed by atoms with Crippen LogP contribution in [0.25, 0.3) is 0 Å². The second-order valence-corrected chi connectivity index (χ2v) is 30.4. The van der Waals surface area contributed by atoms with Crippen molar-refractivity contribution in [3.8, 4) is 0 Å². The van der Waals surface area contributed by atoms with Crippen LogP contribution in [0.5, 0.6) is 0 Å². The molecule has 2 N–H and O–H groups in total. The number of amides is 1. The van der Waals surface area contributed by atoms with Gasteiger partial charge < -0.3 is 19.4 Å². The van der Waals surface area contributed by atoms with Gasteiger partial charge in [-0.2, -0.15) is 0 Å². The topological polar surface area (TPSA) is 111 Å². The first kappa shape index (κ1) is 90.7. The summed E-state index contributed by atoms with van der Waals surface area (Å²) < 4.78 is 31.0. The van der Waals surface area contributed by atoms with E-state index in [1.165, 1.54) is 295 Å². The fraction of sp³-hybridized carbons (Fsp3) is 0.855. The lowest BCUT2D eigenvalue weighted by molar-refractivity contribution is -0.870. The molecular formula is C83H158N2O7P+. The number of phosphoric acid groups is 1. The first-order chi connectivity index (χ1) is 45.4. The van der Waals surface area contributed by atoms with E-state index in [9.17, 15) is 19.0 Å². The van der Waals surface area contributed by atoms with Crippen LogP contribution in [0.3, 0.4) is 0 Å². The van der Waals surface area contributed by atoms with E-state index in [2.05, 4.69) is 80.8 Å². The van der Waals surface area contributed by atoms with Gasteiger partial charge in [0.15, 0.2) is 0 Å². The summed E-state index contributed by atoms with van der Waals surface area (Å²) in [6.07, 6.45) is 95.4. The molecule has 10 heteroatoms. The Morgan fingerprint density at radius 3 is 1.00 bits per heavy atom. The van der Waals surface area contributed by atoms with Gasteiger partial charge in [0.05, 0.1) is 33.8 Å². The van der Waals surface area contributed by atoms with E-state index >= 15 is 0 Å². The van der Waals surface area contributed by atoms with Crippen LogP contribution in [0.2, 0.25) is 0 Å². The molecule has 0 fully saturated rings. The molecule has 0 spiro atoms. The molecule has 0 aliphatic heterocycles. The average Bonchev–Trinajstić information content (AvgIpc) is 2.15. The lowest BCUT2D eigenvalue weighted by Gasteiger charge is -2.27. The van der Waals surface area contributed by atoms with Crippen LogP contribution >= 0.6 is 7.82 Å². The van der Waals surface area contributed by atoms with Gasteiger partial charge in [0.2, 0.25) is 5.91 Å². The van der Waals surface area contributed by atoms with Gasteiger partial charge in [-0.05, 0) is 76.7 Å². The molecule has 0 rings (SSSR count). The number of allylic oxidation sites excluding steroid dienone is 9. The largest absolute Gasteiger partial charge is 0.472 e. The second kappa shape index (κ2) is 72.5. The molecule has 546 valence electrons. The number of carbonyl (C=O) groups is 2. The fourth-order valence-corrected chi connectivity index (χ4v) is 13.0. The Balaban J connectivity index is 4.93. The molecule has 1 amide bonds. The number of quaternary nitrogens is 1. The van der Waals surface area contributed by atoms with Gasteiger partial charge in [0.25, 0.3) is 0 Å². The van der Waals surface area contributed by atoms with Crippen molar-refractivity contribution >= 4 is 19.7 Å². The zero-order valence-electron chi connectivity index (χ0n) is 62.8. The number of rotatable bonds is 75. The summed E-state index contributed by atoms with van der Waals surface area (Å²) in [7, 11) is 1.51. The first-order valence-electron chi connectivity index (χ1n) is 40.6. The maximum Gasteiger partial charge on any atom is 0.472 e. The number of nitrogens with zero attached hydrogens (tertiary/aromatic N) is 1. The molecule has 9 nitrogen and oxygen atoms in total. The molecule has 0 heterocycles. The lowest BCUT2D eigenvalue weighted by Crippen LogP contribution is -2.47. The fourth-order valence-electron chi connectivity index (χ4n) is 12.2. The van der Waals surface area contributed by atoms with E-state index in [4.69, 9.17) is 13.8 Å². The van der Waals surface area contributed by atoms with E-state index in [0.717, 1.165) is 77.0 Å². The average molecular weight is 1330 g/mol. The summed E-state index contributed by atoms with van der Waals surface area (Å²) in [4.78, 5) is 38.1. The van der Waals surface area contributed by atoms with E-state index in [0.29, 0.717) is 17.4 Å². The predicted molar refractivity (Wildman–Crippen MR) is 406 cm³/mol. The van der Waals surface area contributed by atoms with Gasteiger partial charge in [-0.15, -0.1) is 0 Å². The monoisotopic (exact) mass is 1330 g/mol. The summed E-state index contributed by atoms with van der Waals surface area (Å²) >= 11 is 0. The molecule has 0 aromatic rings. The summed E-state index contributed by atoms with van der Waals surface area (Å²) in [5.41, 5.74) is 0. The molecule has 0 aromatic heterocycles. The number of hydrogen-bond donors (Lipinski definition) is 2. The number of likely N-dealkylation sites (N-methyl/N-ethyl adjacent to an activating group) is 1. The minimum absolute atomic E-state index is 0.0412. The highest BCUT2D eigenvalue weighted by Crippen LogP contribution is 2.43. The molecule has 3 unspecified atom stereocenters. The number of phosphoric ester groups is 1. The van der Waals surface area contributed by atoms with Crippen LogP contribution in [0.1, 0.15) is 406 Å². The molecule has 0 aliphatic rings. The Bertz CT molecular complexity index is 1770. The number of hydrogen-bond acceptors (Lipinski definition) is 6. The third-order valence-corrected chi connectivity index (χ3v) is 19.4. The van der Waals surface area contributed by atoms with Crippen LogP contribution in [-0.2, 0) is 27.9 Å². The smallest absolute Gasteiger partial charge is 0.456 e. The zero-order chi connectivity index (χ0) is 67.8. The van der Waals surface area contributed by atoms with Crippen LogP contribution in [0.15, 0.2) is 60.8 Å². The molecule has 93 heavy (non-hydrogen) atoms. The van der Waals surface area contributed by atoms with Gasteiger partial charge in [-0.1, -0.05) is 377 Å². The van der Waals surface area contributed by atoms with Crippen LogP contribution < -0.4 is 5.32 Å². The van der Waals surface area contributed by atoms with Crippen molar-refractivity contribution in [1.82, 2.24) is 5.32 Å². The van der Waals surface area contributed by atoms with Crippen LogP contribution in [0.4, 0.5) is 0 Å². The highest BCUT2D eigenvalue weighted by atomic mass is 31.2. The van der Waals surface area contributed by atoms with Gasteiger partial charge >= 0.3 is 13.8 Å². The summed E-state index contributed by atoms with van der Waals surface area (Å²) in [5, 5.41) is 3.09. The number of nitrogens with one attached hydrogen (secondary N) is 1. The second-order valence-electron chi connectivity index (χ2n) is 29.0. The Kier molecular flexibility index (Phi) is 70.7. The van der Waals surface area contributed by atoms with Crippen LogP contribution in [-0.4, -0.2) is 74.3 Å². The molecular weight excluding hydrogens is 1170 g/mol. The van der Waals surface area contributed by atoms with Gasteiger partial charge in [0, 0.05) is 12.8 Å². The lowest BCUT2D eigenvalue weighted by atomic mass is 10.0. The SMILES string of the molecule is CCCCC/C=C\C/C=C\C/C=C\C/C=C\CCCCCCCCCCCCCC(=O)OC(/C=C/CCCCCCCCCCCCC)C(COP(=O)(O)OCC[N+](C)(C)C)NC(=O)CCCCCCCCCCCCCCCCCCCCCCCCCCCCC. The van der Waals surface area contributed by atoms with E-state index < -0.39 is 20.0 Å². The van der Waals surface area contributed by atoms with Crippen molar-refractivity contribution in [1.29, 1.82) is 0 Å². The Labute approximate surface area is 579 Å². The van der Waals surface area contributed by atoms with Gasteiger partial charge in [0.1, 0.15) is 19.3 Å². The van der Waals surface area contributed by atoms with Crippen molar-refractivity contribution in [2.75, 3.05) is 40.9 Å². The molecule has 0 saturated carbocycles. The Morgan fingerprint density at radius 2 is 0.656 bits per heavy atom. The third-order valence-electron chi connectivity index (χ3n) is 18.5. The molecule has 0 saturated heterocycles. The molecule has 0 aliphatic carbocycles. The minimum Gasteiger partial charge on any atom is -0.456 e. The maximum atomic E-state index is 13.7. The Morgan fingerprint density at radius 1 is 0.376 bits per heavy atom. The van der Waals surface area contributed by atoms with E-state index in [1.54, 1.807) is 0 Å². The minimum atomic E-state index is -4.46. The summed E-state index contributed by atoms with van der Waals surface area (Å²) in [6.45, 7) is 7.06. The van der Waals surface area contributed by atoms with Crippen molar-refractivity contribution in [3.63, 3.8) is 0 Å². The molecule has 0 aromatic carbocycles. The Hall–Kier alpha value is -2.29. The number of carbonyl (C=O) groups excluding carboxylic acids is 2. The van der Waals surface area contributed by atoms with Crippen molar-refractivity contribution in [2.24, 2.45) is 0 Å². The van der Waals surface area contributed by atoms with Crippen molar-refractivity contribution in [3.05, 3.63) is 60.8 Å². The highest BCUT2D eigenvalue weighted by molar-refractivity contribution is 7.47. The zero-order valence-corrected chi connectivity index (χ0v) is 63.7. The predicted octanol–water partition coefficient (Wildman–Crippen LogP) is 26.5. The highest BCUT2D eigenvalue weighted by Gasteiger charge is 2.30. The molecule has 3 atom stereocenters. The van der Waals surface area contributed by atoms with Crippen LogP contribution in [0, 0.1) is 0 Å². The summed E-state index contributed by atoms with van der Waals surface area (Å²) in [6, 6.07) is -0.850.